The van der Waals surface area contributed by atoms with Crippen LogP contribution in [0.25, 0.3) is 0 Å². The molecule has 0 aliphatic carbocycles. The Kier molecular flexibility index (Phi) is 34.9. The summed E-state index contributed by atoms with van der Waals surface area (Å²) in [6.07, 6.45) is 3.79. The van der Waals surface area contributed by atoms with Crippen molar-refractivity contribution in [3.63, 3.8) is 0 Å². The van der Waals surface area contributed by atoms with Gasteiger partial charge in [-0.25, -0.2) is 0 Å². The molecule has 0 fully saturated rings. The quantitative estimate of drug-likeness (QED) is 0.517. The minimum Gasteiger partial charge on any atom is -0.100 e. The molecule has 0 aliphatic rings. The minimum absolute atomic E-state index is 1.20. The van der Waals surface area contributed by atoms with Crippen molar-refractivity contribution in [3.8, 4) is 0 Å². The summed E-state index contributed by atoms with van der Waals surface area (Å²) < 4.78 is 0. The van der Waals surface area contributed by atoms with Crippen LogP contribution in [-0.4, -0.2) is 0 Å². The van der Waals surface area contributed by atoms with Crippen molar-refractivity contribution in [2.45, 2.75) is 60.8 Å². The Labute approximate surface area is 73.7 Å². The molecule has 0 N–H and O–H groups in total. The van der Waals surface area contributed by atoms with E-state index in [2.05, 4.69) is 20.4 Å². The Morgan fingerprint density at radius 1 is 1.09 bits per heavy atom. The van der Waals surface area contributed by atoms with E-state index < -0.39 is 0 Å². The summed E-state index contributed by atoms with van der Waals surface area (Å²) in [6, 6.07) is 0. The molecule has 0 heterocycles. The summed E-state index contributed by atoms with van der Waals surface area (Å²) in [6.45, 7) is 16.1. The SMILES string of the molecule is C=C(C)CCCC.CC.CC. The van der Waals surface area contributed by atoms with Crippen LogP contribution < -0.4 is 0 Å². The summed E-state index contributed by atoms with van der Waals surface area (Å²) in [5.74, 6) is 0. The first-order valence-corrected chi connectivity index (χ1v) is 4.91. The lowest BCUT2D eigenvalue weighted by Crippen LogP contribution is -1.71. The van der Waals surface area contributed by atoms with Gasteiger partial charge in [-0.3, -0.25) is 0 Å². The second-order valence-electron chi connectivity index (χ2n) is 2.06. The second-order valence-corrected chi connectivity index (χ2v) is 2.06. The third-order valence-corrected chi connectivity index (χ3v) is 0.957. The van der Waals surface area contributed by atoms with E-state index in [0.29, 0.717) is 0 Å². The van der Waals surface area contributed by atoms with E-state index in [1.54, 1.807) is 0 Å². The topological polar surface area (TPSA) is 0 Å². The molecule has 0 unspecified atom stereocenters. The molecule has 0 heteroatoms. The summed E-state index contributed by atoms with van der Waals surface area (Å²) >= 11 is 0. The van der Waals surface area contributed by atoms with Crippen LogP contribution >= 0.6 is 0 Å². The van der Waals surface area contributed by atoms with Crippen molar-refractivity contribution in [1.82, 2.24) is 0 Å². The van der Waals surface area contributed by atoms with E-state index in [1.807, 2.05) is 27.7 Å². The highest BCUT2D eigenvalue weighted by Gasteiger charge is 1.81. The average molecular weight is 158 g/mol. The molecule has 0 saturated carbocycles. The predicted octanol–water partition coefficient (Wildman–Crippen LogP) is 4.81. The van der Waals surface area contributed by atoms with Crippen LogP contribution in [0.5, 0.6) is 0 Å². The Balaban J connectivity index is -0.000000138. The van der Waals surface area contributed by atoms with Crippen LogP contribution in [0.3, 0.4) is 0 Å². The third-order valence-electron chi connectivity index (χ3n) is 0.957. The smallest absolute Gasteiger partial charge is 0.0326 e. The van der Waals surface area contributed by atoms with Gasteiger partial charge in [0.15, 0.2) is 0 Å². The lowest BCUT2D eigenvalue weighted by atomic mass is 10.2. The molecule has 0 aliphatic heterocycles. The monoisotopic (exact) mass is 158 g/mol. The van der Waals surface area contributed by atoms with Gasteiger partial charge in [0, 0.05) is 0 Å². The number of hydrogen-bond donors (Lipinski definition) is 0. The van der Waals surface area contributed by atoms with E-state index in [0.717, 1.165) is 0 Å². The summed E-state index contributed by atoms with van der Waals surface area (Å²) in [7, 11) is 0. The van der Waals surface area contributed by atoms with Crippen LogP contribution in [0, 0.1) is 0 Å². The maximum Gasteiger partial charge on any atom is -0.0326 e. The van der Waals surface area contributed by atoms with E-state index in [-0.39, 0.29) is 0 Å². The molecular weight excluding hydrogens is 132 g/mol. The Bertz CT molecular complexity index is 53.1. The maximum absolute atomic E-state index is 3.79. The highest BCUT2D eigenvalue weighted by atomic mass is 13.9. The van der Waals surface area contributed by atoms with Gasteiger partial charge in [0.1, 0.15) is 0 Å². The molecular formula is C11H26. The normalized spacial score (nSPS) is 6.73. The van der Waals surface area contributed by atoms with Crippen molar-refractivity contribution in [2.24, 2.45) is 0 Å². The highest BCUT2D eigenvalue weighted by Crippen LogP contribution is 2.01. The fraction of sp³-hybridized carbons (Fsp3) is 0.818. The minimum atomic E-state index is 1.20. The first-order chi connectivity index (χ1) is 5.27. The van der Waals surface area contributed by atoms with E-state index in [9.17, 15) is 0 Å². The van der Waals surface area contributed by atoms with Crippen LogP contribution in [0.4, 0.5) is 0 Å². The van der Waals surface area contributed by atoms with Crippen LogP contribution in [0.2, 0.25) is 0 Å². The highest BCUT2D eigenvalue weighted by molar-refractivity contribution is 4.86. The zero-order valence-electron chi connectivity index (χ0n) is 9.33. The van der Waals surface area contributed by atoms with Crippen molar-refractivity contribution in [2.75, 3.05) is 0 Å². The van der Waals surface area contributed by atoms with Gasteiger partial charge in [-0.05, 0) is 19.8 Å². The molecule has 11 heavy (non-hydrogen) atoms. The number of rotatable bonds is 3. The Morgan fingerprint density at radius 2 is 1.45 bits per heavy atom. The summed E-state index contributed by atoms with van der Waals surface area (Å²) in [4.78, 5) is 0. The second kappa shape index (κ2) is 22.6. The molecule has 0 aromatic carbocycles. The molecule has 0 atom stereocenters. The zero-order chi connectivity index (χ0) is 9.70. The first kappa shape index (κ1) is 17.0. The zero-order valence-corrected chi connectivity index (χ0v) is 9.33. The van der Waals surface area contributed by atoms with Gasteiger partial charge < -0.3 is 0 Å². The van der Waals surface area contributed by atoms with Crippen LogP contribution in [-0.2, 0) is 0 Å². The Hall–Kier alpha value is -0.260. The molecule has 0 aromatic heterocycles. The average Bonchev–Trinajstić information content (AvgIpc) is 2.08. The number of unbranched alkanes of at least 4 members (excludes halogenated alkanes) is 1. The number of hydrogen-bond acceptors (Lipinski definition) is 0. The van der Waals surface area contributed by atoms with E-state index >= 15 is 0 Å². The van der Waals surface area contributed by atoms with Gasteiger partial charge in [-0.15, -0.1) is 6.58 Å². The fourth-order valence-electron chi connectivity index (χ4n) is 0.479. The van der Waals surface area contributed by atoms with Crippen LogP contribution in [0.1, 0.15) is 60.8 Å². The molecule has 0 amide bonds. The first-order valence-electron chi connectivity index (χ1n) is 4.91. The lowest BCUT2D eigenvalue weighted by molar-refractivity contribution is 0.789. The van der Waals surface area contributed by atoms with Crippen LogP contribution in [0.15, 0.2) is 12.2 Å². The van der Waals surface area contributed by atoms with Crippen molar-refractivity contribution in [3.05, 3.63) is 12.2 Å². The van der Waals surface area contributed by atoms with Gasteiger partial charge in [-0.1, -0.05) is 46.6 Å². The summed E-state index contributed by atoms with van der Waals surface area (Å²) in [5.41, 5.74) is 1.31. The Morgan fingerprint density at radius 3 is 1.55 bits per heavy atom. The molecule has 70 valence electrons. The van der Waals surface area contributed by atoms with Gasteiger partial charge in [0.05, 0.1) is 0 Å². The van der Waals surface area contributed by atoms with E-state index in [1.165, 1.54) is 24.8 Å². The molecule has 0 rings (SSSR count). The molecule has 0 spiro atoms. The number of allylic oxidation sites excluding steroid dienone is 1. The summed E-state index contributed by atoms with van der Waals surface area (Å²) in [5, 5.41) is 0. The van der Waals surface area contributed by atoms with E-state index in [4.69, 9.17) is 0 Å². The van der Waals surface area contributed by atoms with Crippen molar-refractivity contribution < 1.29 is 0 Å². The molecule has 0 radical (unpaired) electrons. The predicted molar refractivity (Wildman–Crippen MR) is 57.0 cm³/mol. The maximum atomic E-state index is 3.79. The van der Waals surface area contributed by atoms with Crippen molar-refractivity contribution in [1.29, 1.82) is 0 Å². The van der Waals surface area contributed by atoms with Gasteiger partial charge in [-0.2, -0.15) is 0 Å². The largest absolute Gasteiger partial charge is 0.100 e. The molecule has 0 bridgehead atoms. The van der Waals surface area contributed by atoms with Gasteiger partial charge in [0.2, 0.25) is 0 Å². The third kappa shape index (κ3) is 41.7. The lowest BCUT2D eigenvalue weighted by Gasteiger charge is -1.91. The van der Waals surface area contributed by atoms with Gasteiger partial charge in [0.25, 0.3) is 0 Å². The molecule has 0 aromatic rings. The van der Waals surface area contributed by atoms with Gasteiger partial charge >= 0.3 is 0 Å². The van der Waals surface area contributed by atoms with Crippen molar-refractivity contribution >= 4 is 0 Å². The fourth-order valence-corrected chi connectivity index (χ4v) is 0.479. The molecule has 0 saturated heterocycles. The standard InChI is InChI=1S/C7H14.2C2H6/c1-4-5-6-7(2)3;2*1-2/h2,4-6H2,1,3H3;2*1-2H3. The molecule has 0 nitrogen and oxygen atoms in total.